The molecule has 2 N–H and O–H groups in total. The molecule has 0 aromatic heterocycles. The largest absolute Gasteiger partial charge is 0.478 e. The molecule has 3 atom stereocenters. The van der Waals surface area contributed by atoms with Crippen molar-refractivity contribution in [3.8, 4) is 0 Å². The van der Waals surface area contributed by atoms with E-state index < -0.39 is 12.1 Å². The van der Waals surface area contributed by atoms with Crippen LogP contribution in [-0.4, -0.2) is 28.1 Å². The van der Waals surface area contributed by atoms with Gasteiger partial charge in [0.25, 0.3) is 0 Å². The van der Waals surface area contributed by atoms with Crippen LogP contribution in [0.1, 0.15) is 32.1 Å². The van der Waals surface area contributed by atoms with E-state index in [1.165, 1.54) is 0 Å². The Morgan fingerprint density at radius 3 is 2.78 bits per heavy atom. The summed E-state index contributed by atoms with van der Waals surface area (Å²) in [6.07, 6.45) is 7.25. The van der Waals surface area contributed by atoms with Crippen molar-refractivity contribution in [2.45, 2.75) is 38.2 Å². The maximum Gasteiger partial charge on any atom is 0.327 e. The van der Waals surface area contributed by atoms with Gasteiger partial charge in [-0.25, -0.2) is 4.79 Å². The zero-order chi connectivity index (χ0) is 13.5. The lowest BCUT2D eigenvalue weighted by Gasteiger charge is -2.16. The number of carboxylic acids is 1. The lowest BCUT2D eigenvalue weighted by atomic mass is 9.89. The Balaban J connectivity index is 2.28. The van der Waals surface area contributed by atoms with Crippen molar-refractivity contribution < 1.29 is 19.8 Å². The molecule has 0 aromatic rings. The molecule has 1 aliphatic carbocycles. The van der Waals surface area contributed by atoms with Crippen LogP contribution in [0.4, 0.5) is 0 Å². The third-order valence-electron chi connectivity index (χ3n) is 3.40. The minimum absolute atomic E-state index is 0.110. The molecule has 0 aromatic carbocycles. The van der Waals surface area contributed by atoms with Crippen molar-refractivity contribution in [2.24, 2.45) is 11.8 Å². The molecule has 0 saturated heterocycles. The molecule has 18 heavy (non-hydrogen) atoms. The van der Waals surface area contributed by atoms with Gasteiger partial charge in [0.1, 0.15) is 5.78 Å². The van der Waals surface area contributed by atoms with Gasteiger partial charge >= 0.3 is 5.97 Å². The number of hydrogen-bond acceptors (Lipinski definition) is 3. The summed E-state index contributed by atoms with van der Waals surface area (Å²) < 4.78 is 0. The number of rotatable bonds is 7. The number of hydrogen-bond donors (Lipinski definition) is 2. The molecule has 100 valence electrons. The average Bonchev–Trinajstić information content (AvgIpc) is 2.57. The fourth-order valence-electron chi connectivity index (χ4n) is 2.46. The Morgan fingerprint density at radius 1 is 1.44 bits per heavy atom. The summed E-state index contributed by atoms with van der Waals surface area (Å²) in [7, 11) is 0. The quantitative estimate of drug-likeness (QED) is 0.412. The molecule has 0 bridgehead atoms. The van der Waals surface area contributed by atoms with Crippen molar-refractivity contribution in [1.29, 1.82) is 0 Å². The summed E-state index contributed by atoms with van der Waals surface area (Å²) >= 11 is 0. The van der Waals surface area contributed by atoms with Gasteiger partial charge in [-0.1, -0.05) is 18.6 Å². The summed E-state index contributed by atoms with van der Waals surface area (Å²) in [5.41, 5.74) is 0. The van der Waals surface area contributed by atoms with E-state index in [1.54, 1.807) is 12.2 Å². The number of Topliss-reactive ketones (excluding diaryl/α,β-unsaturated/α-hetero) is 1. The highest BCUT2D eigenvalue weighted by Crippen LogP contribution is 2.33. The van der Waals surface area contributed by atoms with Crippen molar-refractivity contribution in [2.75, 3.05) is 0 Å². The summed E-state index contributed by atoms with van der Waals surface area (Å²) in [6.45, 7) is 3.67. The van der Waals surface area contributed by atoms with Crippen LogP contribution in [0.5, 0.6) is 0 Å². The van der Waals surface area contributed by atoms with Gasteiger partial charge in [-0.2, -0.15) is 0 Å². The molecule has 4 nitrogen and oxygen atoms in total. The summed E-state index contributed by atoms with van der Waals surface area (Å²) in [5.74, 6) is -1.04. The molecule has 0 aliphatic heterocycles. The van der Waals surface area contributed by atoms with Crippen LogP contribution in [0.3, 0.4) is 0 Å². The summed E-state index contributed by atoms with van der Waals surface area (Å²) in [6, 6.07) is 0. The topological polar surface area (TPSA) is 74.6 Å². The molecule has 0 radical (unpaired) electrons. The lowest BCUT2D eigenvalue weighted by molar-refractivity contribution is -0.131. The smallest absolute Gasteiger partial charge is 0.327 e. The van der Waals surface area contributed by atoms with Gasteiger partial charge < -0.3 is 10.2 Å². The van der Waals surface area contributed by atoms with E-state index in [2.05, 4.69) is 6.58 Å². The monoisotopic (exact) mass is 252 g/mol. The minimum Gasteiger partial charge on any atom is -0.478 e. The number of aliphatic carboxylic acids is 1. The fraction of sp³-hybridized carbons (Fsp3) is 0.571. The Morgan fingerprint density at radius 2 is 2.17 bits per heavy atom. The van der Waals surface area contributed by atoms with Crippen LogP contribution in [-0.2, 0) is 9.59 Å². The first-order valence-corrected chi connectivity index (χ1v) is 6.29. The minimum atomic E-state index is -0.934. The van der Waals surface area contributed by atoms with E-state index in [1.807, 2.05) is 0 Å². The first-order chi connectivity index (χ1) is 8.56. The highest BCUT2D eigenvalue weighted by molar-refractivity contribution is 5.84. The van der Waals surface area contributed by atoms with Gasteiger partial charge in [0.15, 0.2) is 0 Å². The SMILES string of the molecule is C=CC1C(O)CC(=O)C1CCCCC=CC(=O)O. The Labute approximate surface area is 107 Å². The maximum absolute atomic E-state index is 11.7. The molecule has 1 aliphatic rings. The molecule has 0 heterocycles. The van der Waals surface area contributed by atoms with E-state index in [9.17, 15) is 14.7 Å². The number of carbonyl (C=O) groups excluding carboxylic acids is 1. The van der Waals surface area contributed by atoms with Gasteiger partial charge in [0, 0.05) is 24.3 Å². The molecule has 0 spiro atoms. The maximum atomic E-state index is 11.7. The zero-order valence-corrected chi connectivity index (χ0v) is 10.4. The first-order valence-electron chi connectivity index (χ1n) is 6.29. The second-order valence-electron chi connectivity index (χ2n) is 4.68. The molecular weight excluding hydrogens is 232 g/mol. The standard InChI is InChI=1S/C14H20O4/c1-2-10-11(13(16)9-12(10)15)7-5-3-4-6-8-14(17)18/h2,6,8,10-12,15H,1,3-5,7,9H2,(H,17,18). The van der Waals surface area contributed by atoms with Crippen LogP contribution in [0.25, 0.3) is 0 Å². The highest BCUT2D eigenvalue weighted by atomic mass is 16.4. The van der Waals surface area contributed by atoms with E-state index in [4.69, 9.17) is 5.11 Å². The third-order valence-corrected chi connectivity index (χ3v) is 3.40. The number of allylic oxidation sites excluding steroid dienone is 1. The second-order valence-corrected chi connectivity index (χ2v) is 4.68. The number of unbranched alkanes of at least 4 members (excludes halogenated alkanes) is 2. The molecule has 1 saturated carbocycles. The number of aliphatic hydroxyl groups is 1. The lowest BCUT2D eigenvalue weighted by Crippen LogP contribution is -2.18. The Bertz CT molecular complexity index is 346. The highest BCUT2D eigenvalue weighted by Gasteiger charge is 2.38. The van der Waals surface area contributed by atoms with Crippen molar-refractivity contribution in [1.82, 2.24) is 0 Å². The van der Waals surface area contributed by atoms with Gasteiger partial charge in [-0.3, -0.25) is 4.79 Å². The number of carboxylic acid groups (broad SMARTS) is 1. The van der Waals surface area contributed by atoms with Crippen LogP contribution in [0, 0.1) is 11.8 Å². The van der Waals surface area contributed by atoms with E-state index >= 15 is 0 Å². The van der Waals surface area contributed by atoms with E-state index in [0.29, 0.717) is 6.42 Å². The molecule has 4 heteroatoms. The van der Waals surface area contributed by atoms with Crippen molar-refractivity contribution in [3.05, 3.63) is 24.8 Å². The van der Waals surface area contributed by atoms with Crippen LogP contribution in [0.15, 0.2) is 24.8 Å². The predicted octanol–water partition coefficient (Wildman–Crippen LogP) is 1.94. The second kappa shape index (κ2) is 7.11. The molecule has 3 unspecified atom stereocenters. The number of ketones is 1. The number of aliphatic hydroxyl groups excluding tert-OH is 1. The Kier molecular flexibility index (Phi) is 5.78. The first kappa shape index (κ1) is 14.6. The van der Waals surface area contributed by atoms with Crippen LogP contribution in [0.2, 0.25) is 0 Å². The molecule has 1 fully saturated rings. The van der Waals surface area contributed by atoms with Crippen molar-refractivity contribution >= 4 is 11.8 Å². The molecule has 0 amide bonds. The van der Waals surface area contributed by atoms with E-state index in [-0.39, 0.29) is 24.0 Å². The predicted molar refractivity (Wildman–Crippen MR) is 68.1 cm³/mol. The molecule has 1 rings (SSSR count). The summed E-state index contributed by atoms with van der Waals surface area (Å²) in [4.78, 5) is 21.9. The fourth-order valence-corrected chi connectivity index (χ4v) is 2.46. The number of carbonyl (C=O) groups is 2. The Hall–Kier alpha value is -1.42. The molecular formula is C14H20O4. The van der Waals surface area contributed by atoms with Gasteiger partial charge in [0.2, 0.25) is 0 Å². The van der Waals surface area contributed by atoms with Gasteiger partial charge in [0.05, 0.1) is 6.10 Å². The van der Waals surface area contributed by atoms with Crippen LogP contribution < -0.4 is 0 Å². The van der Waals surface area contributed by atoms with Crippen molar-refractivity contribution in [3.63, 3.8) is 0 Å². The van der Waals surface area contributed by atoms with Gasteiger partial charge in [-0.05, 0) is 19.3 Å². The van der Waals surface area contributed by atoms with Crippen LogP contribution >= 0.6 is 0 Å². The average molecular weight is 252 g/mol. The summed E-state index contributed by atoms with van der Waals surface area (Å²) in [5, 5.41) is 18.1. The van der Waals surface area contributed by atoms with Gasteiger partial charge in [-0.15, -0.1) is 6.58 Å². The van der Waals surface area contributed by atoms with E-state index in [0.717, 1.165) is 25.3 Å². The normalized spacial score (nSPS) is 27.8. The third kappa shape index (κ3) is 4.11. The zero-order valence-electron chi connectivity index (χ0n) is 10.4.